The van der Waals surface area contributed by atoms with E-state index < -0.39 is 0 Å². The van der Waals surface area contributed by atoms with Gasteiger partial charge in [-0.15, -0.1) is 0 Å². The highest BCUT2D eigenvalue weighted by Crippen LogP contribution is 2.37. The normalized spacial score (nSPS) is 11.2. The summed E-state index contributed by atoms with van der Waals surface area (Å²) in [4.78, 5) is 15.5. The highest BCUT2D eigenvalue weighted by atomic mass is 35.5. The van der Waals surface area contributed by atoms with Gasteiger partial charge in [0.15, 0.2) is 0 Å². The van der Waals surface area contributed by atoms with Crippen LogP contribution in [0.25, 0.3) is 27.6 Å². The SMILES string of the molecule is O=[N+]([O-])c1cccc2c3ccc(Cl)cc3n(-c3ccccn3)c12. The van der Waals surface area contributed by atoms with Crippen LogP contribution in [0.15, 0.2) is 60.8 Å². The third-order valence-electron chi connectivity index (χ3n) is 3.80. The van der Waals surface area contributed by atoms with Gasteiger partial charge in [0.1, 0.15) is 11.3 Å². The third-order valence-corrected chi connectivity index (χ3v) is 4.04. The quantitative estimate of drug-likeness (QED) is 0.395. The van der Waals surface area contributed by atoms with E-state index in [1.165, 1.54) is 6.07 Å². The molecule has 112 valence electrons. The second-order valence-electron chi connectivity index (χ2n) is 5.12. The van der Waals surface area contributed by atoms with Crippen LogP contribution in [0.2, 0.25) is 5.02 Å². The molecule has 0 bridgehead atoms. The van der Waals surface area contributed by atoms with Gasteiger partial charge in [0, 0.05) is 28.1 Å². The third kappa shape index (κ3) is 2.05. The molecule has 4 rings (SSSR count). The van der Waals surface area contributed by atoms with Crippen LogP contribution < -0.4 is 0 Å². The summed E-state index contributed by atoms with van der Waals surface area (Å²) < 4.78 is 1.79. The van der Waals surface area contributed by atoms with E-state index >= 15 is 0 Å². The Labute approximate surface area is 135 Å². The Morgan fingerprint density at radius 3 is 2.65 bits per heavy atom. The van der Waals surface area contributed by atoms with Gasteiger partial charge in [-0.05, 0) is 24.3 Å². The van der Waals surface area contributed by atoms with Gasteiger partial charge in [0.2, 0.25) is 0 Å². The minimum atomic E-state index is -0.373. The van der Waals surface area contributed by atoms with Crippen LogP contribution in [0.3, 0.4) is 0 Å². The lowest BCUT2D eigenvalue weighted by molar-refractivity contribution is -0.383. The van der Waals surface area contributed by atoms with Gasteiger partial charge in [-0.2, -0.15) is 0 Å². The molecule has 2 aromatic carbocycles. The predicted molar refractivity (Wildman–Crippen MR) is 90.2 cm³/mol. The first kappa shape index (κ1) is 13.7. The molecule has 4 aromatic rings. The molecular weight excluding hydrogens is 314 g/mol. The lowest BCUT2D eigenvalue weighted by Crippen LogP contribution is -1.99. The number of para-hydroxylation sites is 1. The summed E-state index contributed by atoms with van der Waals surface area (Å²) in [5.41, 5.74) is 1.36. The summed E-state index contributed by atoms with van der Waals surface area (Å²) in [6.45, 7) is 0. The maximum absolute atomic E-state index is 11.5. The number of halogens is 1. The number of nitrogens with zero attached hydrogens (tertiary/aromatic N) is 3. The molecule has 0 N–H and O–H groups in total. The van der Waals surface area contributed by atoms with Crippen molar-refractivity contribution in [2.45, 2.75) is 0 Å². The van der Waals surface area contributed by atoms with Crippen LogP contribution in [0.1, 0.15) is 0 Å². The van der Waals surface area contributed by atoms with Gasteiger partial charge in [-0.1, -0.05) is 35.9 Å². The predicted octanol–water partition coefficient (Wildman–Crippen LogP) is 4.74. The zero-order valence-electron chi connectivity index (χ0n) is 11.8. The van der Waals surface area contributed by atoms with Gasteiger partial charge in [0.25, 0.3) is 5.69 Å². The van der Waals surface area contributed by atoms with Crippen molar-refractivity contribution in [2.24, 2.45) is 0 Å². The highest BCUT2D eigenvalue weighted by Gasteiger charge is 2.21. The lowest BCUT2D eigenvalue weighted by atomic mass is 10.1. The van der Waals surface area contributed by atoms with Gasteiger partial charge < -0.3 is 0 Å². The van der Waals surface area contributed by atoms with Crippen molar-refractivity contribution in [1.82, 2.24) is 9.55 Å². The maximum Gasteiger partial charge on any atom is 0.293 e. The van der Waals surface area contributed by atoms with E-state index in [-0.39, 0.29) is 10.6 Å². The van der Waals surface area contributed by atoms with Crippen molar-refractivity contribution >= 4 is 39.1 Å². The molecule has 0 atom stereocenters. The van der Waals surface area contributed by atoms with Gasteiger partial charge in [-0.3, -0.25) is 14.7 Å². The Morgan fingerprint density at radius 2 is 1.91 bits per heavy atom. The molecule has 0 aliphatic carbocycles. The molecule has 0 amide bonds. The van der Waals surface area contributed by atoms with Crippen LogP contribution in [0, 0.1) is 10.1 Å². The van der Waals surface area contributed by atoms with E-state index in [2.05, 4.69) is 4.98 Å². The first-order chi connectivity index (χ1) is 11.2. The Hall–Kier alpha value is -2.92. The van der Waals surface area contributed by atoms with Crippen LogP contribution in [0.5, 0.6) is 0 Å². The van der Waals surface area contributed by atoms with Crippen molar-refractivity contribution in [3.05, 3.63) is 75.9 Å². The summed E-state index contributed by atoms with van der Waals surface area (Å²) in [5.74, 6) is 0.615. The van der Waals surface area contributed by atoms with Crippen LogP contribution in [-0.4, -0.2) is 14.5 Å². The summed E-state index contributed by atoms with van der Waals surface area (Å²) in [6.07, 6.45) is 1.66. The molecule has 0 saturated carbocycles. The number of pyridine rings is 1. The molecule has 0 unspecified atom stereocenters. The number of non-ortho nitro benzene ring substituents is 1. The number of aromatic nitrogens is 2. The Morgan fingerprint density at radius 1 is 1.04 bits per heavy atom. The minimum Gasteiger partial charge on any atom is -0.287 e. The van der Waals surface area contributed by atoms with Gasteiger partial charge >= 0.3 is 0 Å². The average molecular weight is 324 g/mol. The molecule has 0 radical (unpaired) electrons. The second-order valence-corrected chi connectivity index (χ2v) is 5.55. The fraction of sp³-hybridized carbons (Fsp3) is 0. The fourth-order valence-corrected chi connectivity index (χ4v) is 3.06. The van der Waals surface area contributed by atoms with E-state index in [9.17, 15) is 10.1 Å². The lowest BCUT2D eigenvalue weighted by Gasteiger charge is -2.06. The molecule has 0 aliphatic rings. The minimum absolute atomic E-state index is 0.0421. The molecule has 0 aliphatic heterocycles. The molecule has 5 nitrogen and oxygen atoms in total. The van der Waals surface area contributed by atoms with Crippen molar-refractivity contribution in [2.75, 3.05) is 0 Å². The summed E-state index contributed by atoms with van der Waals surface area (Å²) >= 11 is 6.14. The molecule has 2 heterocycles. The molecule has 0 saturated heterocycles. The molecule has 0 spiro atoms. The van der Waals surface area contributed by atoms with Gasteiger partial charge in [-0.25, -0.2) is 4.98 Å². The Kier molecular flexibility index (Phi) is 3.02. The second kappa shape index (κ2) is 5.07. The first-order valence-electron chi connectivity index (χ1n) is 6.95. The van der Waals surface area contributed by atoms with Crippen LogP contribution in [0.4, 0.5) is 5.69 Å². The topological polar surface area (TPSA) is 61.0 Å². The maximum atomic E-state index is 11.5. The fourth-order valence-electron chi connectivity index (χ4n) is 2.89. The van der Waals surface area contributed by atoms with Gasteiger partial charge in [0.05, 0.1) is 10.4 Å². The zero-order chi connectivity index (χ0) is 16.0. The first-order valence-corrected chi connectivity index (χ1v) is 7.33. The van der Waals surface area contributed by atoms with Crippen molar-refractivity contribution in [3.8, 4) is 5.82 Å². The van der Waals surface area contributed by atoms with Crippen LogP contribution in [-0.2, 0) is 0 Å². The van der Waals surface area contributed by atoms with E-state index in [1.54, 1.807) is 35.0 Å². The highest BCUT2D eigenvalue weighted by molar-refractivity contribution is 6.31. The largest absolute Gasteiger partial charge is 0.293 e. The number of hydrogen-bond acceptors (Lipinski definition) is 3. The molecular formula is C17H10ClN3O2. The molecule has 23 heavy (non-hydrogen) atoms. The number of hydrogen-bond donors (Lipinski definition) is 0. The standard InChI is InChI=1S/C17H10ClN3O2/c18-11-7-8-12-13-4-3-5-14(21(22)23)17(13)20(15(12)10-11)16-6-1-2-9-19-16/h1-10H. The van der Waals surface area contributed by atoms with E-state index in [4.69, 9.17) is 11.6 Å². The zero-order valence-corrected chi connectivity index (χ0v) is 12.6. The molecule has 0 fully saturated rings. The Bertz CT molecular complexity index is 1060. The number of benzene rings is 2. The number of rotatable bonds is 2. The van der Waals surface area contributed by atoms with Crippen molar-refractivity contribution in [1.29, 1.82) is 0 Å². The van der Waals surface area contributed by atoms with E-state index in [0.29, 0.717) is 16.4 Å². The van der Waals surface area contributed by atoms with Crippen LogP contribution >= 0.6 is 11.6 Å². The number of fused-ring (bicyclic) bond motifs is 3. The van der Waals surface area contributed by atoms with Crippen molar-refractivity contribution in [3.63, 3.8) is 0 Å². The molecule has 6 heteroatoms. The Balaban J connectivity index is 2.28. The molecule has 2 aromatic heterocycles. The average Bonchev–Trinajstić information content (AvgIpc) is 2.88. The smallest absolute Gasteiger partial charge is 0.287 e. The van der Waals surface area contributed by atoms with Crippen molar-refractivity contribution < 1.29 is 4.92 Å². The number of nitro groups is 1. The van der Waals surface area contributed by atoms with E-state index in [0.717, 1.165) is 16.3 Å². The monoisotopic (exact) mass is 323 g/mol. The summed E-state index contributed by atoms with van der Waals surface area (Å²) in [6, 6.07) is 16.0. The van der Waals surface area contributed by atoms with E-state index in [1.807, 2.05) is 24.3 Å². The summed E-state index contributed by atoms with van der Waals surface area (Å²) in [5, 5.41) is 13.8. The number of nitro benzene ring substituents is 1. The summed E-state index contributed by atoms with van der Waals surface area (Å²) in [7, 11) is 0.